The Hall–Kier alpha value is -3.47. The number of amides is 4. The number of aromatic nitrogens is 1. The Morgan fingerprint density at radius 1 is 1.25 bits per heavy atom. The summed E-state index contributed by atoms with van der Waals surface area (Å²) in [5.41, 5.74) is 0.639. The standard InChI is InChI=1S/C21H24N4O6S/c1-5-11(2)16(17(26)24-20-22-14(10-32-20)19(28)31-4)25-18(27)15(23-21(25)29)12-6-8-13(30-3)9-7-12/h6-11,15-16H,5H2,1-4H3,(H,23,29)(H,22,24,26). The largest absolute Gasteiger partial charge is 0.497 e. The fraction of sp³-hybridized carbons (Fsp3) is 0.381. The average molecular weight is 461 g/mol. The third-order valence-electron chi connectivity index (χ3n) is 5.28. The molecule has 3 rings (SSSR count). The number of carbonyl (C=O) groups is 4. The number of urea groups is 1. The minimum Gasteiger partial charge on any atom is -0.497 e. The van der Waals surface area contributed by atoms with Crippen LogP contribution in [0.3, 0.4) is 0 Å². The molecule has 32 heavy (non-hydrogen) atoms. The molecule has 0 aliphatic carbocycles. The Bertz CT molecular complexity index is 1020. The first-order valence-corrected chi connectivity index (χ1v) is 10.8. The number of hydrogen-bond donors (Lipinski definition) is 2. The van der Waals surface area contributed by atoms with Crippen molar-refractivity contribution >= 4 is 40.3 Å². The summed E-state index contributed by atoms with van der Waals surface area (Å²) in [5.74, 6) is -1.41. The molecule has 1 aliphatic heterocycles. The van der Waals surface area contributed by atoms with Crippen molar-refractivity contribution in [3.8, 4) is 5.75 Å². The van der Waals surface area contributed by atoms with Crippen LogP contribution in [0.2, 0.25) is 0 Å². The quantitative estimate of drug-likeness (QED) is 0.458. The van der Waals surface area contributed by atoms with Crippen LogP contribution in [0.15, 0.2) is 29.6 Å². The molecule has 2 N–H and O–H groups in total. The zero-order valence-corrected chi connectivity index (χ0v) is 18.9. The number of benzene rings is 1. The van der Waals surface area contributed by atoms with Gasteiger partial charge in [-0.3, -0.25) is 9.59 Å². The number of ether oxygens (including phenoxy) is 2. The SMILES string of the molecule is CCC(C)C(C(=O)Nc1nc(C(=O)OC)cs1)N1C(=O)NC(c2ccc(OC)cc2)C1=O. The summed E-state index contributed by atoms with van der Waals surface area (Å²) in [4.78, 5) is 55.6. The third-order valence-corrected chi connectivity index (χ3v) is 6.04. The van der Waals surface area contributed by atoms with Crippen molar-refractivity contribution in [2.75, 3.05) is 19.5 Å². The van der Waals surface area contributed by atoms with Gasteiger partial charge in [0.15, 0.2) is 10.8 Å². The highest BCUT2D eigenvalue weighted by molar-refractivity contribution is 7.14. The average Bonchev–Trinajstić information content (AvgIpc) is 3.38. The van der Waals surface area contributed by atoms with E-state index < -0.39 is 35.9 Å². The predicted octanol–water partition coefficient (Wildman–Crippen LogP) is 2.58. The summed E-state index contributed by atoms with van der Waals surface area (Å²) >= 11 is 1.04. The Morgan fingerprint density at radius 3 is 2.53 bits per heavy atom. The molecule has 2 aromatic rings. The van der Waals surface area contributed by atoms with E-state index in [4.69, 9.17) is 4.74 Å². The van der Waals surface area contributed by atoms with Crippen LogP contribution >= 0.6 is 11.3 Å². The van der Waals surface area contributed by atoms with Gasteiger partial charge < -0.3 is 20.1 Å². The Morgan fingerprint density at radius 2 is 1.94 bits per heavy atom. The van der Waals surface area contributed by atoms with E-state index in [2.05, 4.69) is 20.4 Å². The molecule has 0 radical (unpaired) electrons. The maximum Gasteiger partial charge on any atom is 0.357 e. The second-order valence-corrected chi connectivity index (χ2v) is 8.07. The fourth-order valence-corrected chi connectivity index (χ4v) is 4.02. The molecule has 2 heterocycles. The highest BCUT2D eigenvalue weighted by Crippen LogP contribution is 2.29. The molecule has 3 atom stereocenters. The van der Waals surface area contributed by atoms with Crippen LogP contribution in [0.1, 0.15) is 42.4 Å². The number of thiazole rings is 1. The van der Waals surface area contributed by atoms with Gasteiger partial charge in [0.2, 0.25) is 5.91 Å². The number of rotatable bonds is 8. The van der Waals surface area contributed by atoms with Crippen molar-refractivity contribution < 1.29 is 28.7 Å². The van der Waals surface area contributed by atoms with Gasteiger partial charge in [-0.2, -0.15) is 0 Å². The maximum absolute atomic E-state index is 13.2. The molecule has 0 saturated carbocycles. The van der Waals surface area contributed by atoms with E-state index in [9.17, 15) is 19.2 Å². The summed E-state index contributed by atoms with van der Waals surface area (Å²) < 4.78 is 9.74. The second kappa shape index (κ2) is 9.77. The number of anilines is 1. The van der Waals surface area contributed by atoms with E-state index >= 15 is 0 Å². The van der Waals surface area contributed by atoms with Crippen LogP contribution in [0.5, 0.6) is 5.75 Å². The Labute approximate surface area is 188 Å². The molecule has 1 aromatic heterocycles. The topological polar surface area (TPSA) is 127 Å². The van der Waals surface area contributed by atoms with Crippen LogP contribution in [0.4, 0.5) is 9.93 Å². The molecule has 1 saturated heterocycles. The smallest absolute Gasteiger partial charge is 0.357 e. The van der Waals surface area contributed by atoms with Crippen molar-refractivity contribution in [1.82, 2.24) is 15.2 Å². The van der Waals surface area contributed by atoms with E-state index in [1.165, 1.54) is 19.6 Å². The molecule has 170 valence electrons. The summed E-state index contributed by atoms with van der Waals surface area (Å²) in [6, 6.07) is 4.15. The number of nitrogens with zero attached hydrogens (tertiary/aromatic N) is 2. The molecule has 3 unspecified atom stereocenters. The number of esters is 1. The molecular weight excluding hydrogens is 436 g/mol. The van der Waals surface area contributed by atoms with E-state index in [0.29, 0.717) is 17.7 Å². The Kier molecular flexibility index (Phi) is 7.08. The first-order chi connectivity index (χ1) is 15.3. The van der Waals surface area contributed by atoms with Crippen LogP contribution in [0.25, 0.3) is 0 Å². The number of nitrogens with one attached hydrogen (secondary N) is 2. The normalized spacial score (nSPS) is 17.5. The van der Waals surface area contributed by atoms with Gasteiger partial charge >= 0.3 is 12.0 Å². The molecule has 11 heteroatoms. The van der Waals surface area contributed by atoms with Crippen LogP contribution in [-0.4, -0.2) is 54.0 Å². The lowest BCUT2D eigenvalue weighted by atomic mass is 9.96. The number of imide groups is 1. The summed E-state index contributed by atoms with van der Waals surface area (Å²) in [7, 11) is 2.76. The van der Waals surface area contributed by atoms with Crippen molar-refractivity contribution in [2.45, 2.75) is 32.4 Å². The van der Waals surface area contributed by atoms with Gasteiger partial charge in [0.25, 0.3) is 5.91 Å². The fourth-order valence-electron chi connectivity index (χ4n) is 3.34. The van der Waals surface area contributed by atoms with Crippen LogP contribution in [-0.2, 0) is 14.3 Å². The maximum atomic E-state index is 13.2. The lowest BCUT2D eigenvalue weighted by Gasteiger charge is -2.28. The monoisotopic (exact) mass is 460 g/mol. The van der Waals surface area contributed by atoms with Crippen molar-refractivity contribution in [3.63, 3.8) is 0 Å². The van der Waals surface area contributed by atoms with Crippen molar-refractivity contribution in [2.24, 2.45) is 5.92 Å². The highest BCUT2D eigenvalue weighted by Gasteiger charge is 2.47. The van der Waals surface area contributed by atoms with Gasteiger partial charge in [-0.25, -0.2) is 19.5 Å². The molecule has 4 amide bonds. The number of methoxy groups -OCH3 is 2. The van der Waals surface area contributed by atoms with E-state index in [1.807, 2.05) is 6.92 Å². The molecule has 1 aliphatic rings. The van der Waals surface area contributed by atoms with Crippen LogP contribution < -0.4 is 15.4 Å². The summed E-state index contributed by atoms with van der Waals surface area (Å²) in [6.07, 6.45) is 0.549. The minimum atomic E-state index is -1.05. The highest BCUT2D eigenvalue weighted by atomic mass is 32.1. The first kappa shape index (κ1) is 23.2. The molecule has 10 nitrogen and oxygen atoms in total. The molecule has 0 bridgehead atoms. The van der Waals surface area contributed by atoms with E-state index in [1.54, 1.807) is 31.2 Å². The lowest BCUT2D eigenvalue weighted by Crippen LogP contribution is -2.51. The molecule has 0 spiro atoms. The zero-order valence-electron chi connectivity index (χ0n) is 18.1. The van der Waals surface area contributed by atoms with Crippen LogP contribution in [0, 0.1) is 5.92 Å². The van der Waals surface area contributed by atoms with Gasteiger partial charge in [-0.15, -0.1) is 11.3 Å². The predicted molar refractivity (Wildman–Crippen MR) is 116 cm³/mol. The zero-order chi connectivity index (χ0) is 23.4. The summed E-state index contributed by atoms with van der Waals surface area (Å²) in [5, 5.41) is 6.89. The third kappa shape index (κ3) is 4.57. The van der Waals surface area contributed by atoms with Crippen molar-refractivity contribution in [3.05, 3.63) is 40.9 Å². The molecule has 1 fully saturated rings. The van der Waals surface area contributed by atoms with Crippen molar-refractivity contribution in [1.29, 1.82) is 0 Å². The number of carbonyl (C=O) groups excluding carboxylic acids is 4. The Balaban J connectivity index is 1.83. The van der Waals surface area contributed by atoms with Gasteiger partial charge in [0.05, 0.1) is 14.2 Å². The van der Waals surface area contributed by atoms with Gasteiger partial charge in [0.1, 0.15) is 17.8 Å². The second-order valence-electron chi connectivity index (χ2n) is 7.21. The van der Waals surface area contributed by atoms with Gasteiger partial charge in [-0.1, -0.05) is 32.4 Å². The first-order valence-electron chi connectivity index (χ1n) is 9.92. The van der Waals surface area contributed by atoms with E-state index in [-0.39, 0.29) is 16.7 Å². The number of hydrogen-bond acceptors (Lipinski definition) is 8. The van der Waals surface area contributed by atoms with Gasteiger partial charge in [0, 0.05) is 5.38 Å². The summed E-state index contributed by atoms with van der Waals surface area (Å²) in [6.45, 7) is 3.65. The minimum absolute atomic E-state index is 0.0578. The molecule has 1 aromatic carbocycles. The van der Waals surface area contributed by atoms with Gasteiger partial charge in [-0.05, 0) is 23.6 Å². The lowest BCUT2D eigenvalue weighted by molar-refractivity contribution is -0.135. The van der Waals surface area contributed by atoms with E-state index in [0.717, 1.165) is 16.2 Å². The molecular formula is C21H24N4O6S.